The van der Waals surface area contributed by atoms with E-state index in [4.69, 9.17) is 5.73 Å². The van der Waals surface area contributed by atoms with Crippen molar-refractivity contribution in [2.24, 2.45) is 0 Å². The van der Waals surface area contributed by atoms with Crippen LogP contribution in [0.2, 0.25) is 0 Å². The van der Waals surface area contributed by atoms with Gasteiger partial charge in [0.15, 0.2) is 0 Å². The molecule has 0 amide bonds. The lowest BCUT2D eigenvalue weighted by Crippen LogP contribution is -2.34. The summed E-state index contributed by atoms with van der Waals surface area (Å²) in [6, 6.07) is 7.32. The van der Waals surface area contributed by atoms with E-state index in [1.807, 2.05) is 12.1 Å². The number of hydrogen-bond donors (Lipinski definition) is 1. The molecule has 2 aromatic rings. The highest BCUT2D eigenvalue weighted by Gasteiger charge is 2.31. The first-order chi connectivity index (χ1) is 9.61. The van der Waals surface area contributed by atoms with Crippen molar-refractivity contribution in [3.8, 4) is 0 Å². The molecule has 0 bridgehead atoms. The van der Waals surface area contributed by atoms with Crippen molar-refractivity contribution in [2.75, 3.05) is 10.6 Å². The molecule has 106 valence electrons. The standard InChI is InChI=1S/C16H20BrN3/c1-3-12-6-4-10(2)20(12)16-13-8-11(17)5-7-15(13)19-9-14(16)18/h5,7-10,12H,3-4,6,18H2,1-2H3. The first-order valence-corrected chi connectivity index (χ1v) is 8.03. The monoisotopic (exact) mass is 333 g/mol. The second-order valence-corrected chi connectivity index (χ2v) is 6.54. The third kappa shape index (κ3) is 2.16. The van der Waals surface area contributed by atoms with Crippen LogP contribution in [-0.4, -0.2) is 17.1 Å². The Morgan fingerprint density at radius 1 is 1.40 bits per heavy atom. The Balaban J connectivity index is 2.23. The molecule has 1 saturated heterocycles. The van der Waals surface area contributed by atoms with Crippen LogP contribution in [-0.2, 0) is 0 Å². The molecular weight excluding hydrogens is 314 g/mol. The molecule has 2 N–H and O–H groups in total. The van der Waals surface area contributed by atoms with Crippen LogP contribution in [0.1, 0.15) is 33.1 Å². The van der Waals surface area contributed by atoms with E-state index in [0.717, 1.165) is 33.2 Å². The van der Waals surface area contributed by atoms with Crippen LogP contribution in [0.25, 0.3) is 10.9 Å². The highest BCUT2D eigenvalue weighted by atomic mass is 79.9. The maximum atomic E-state index is 6.28. The quantitative estimate of drug-likeness (QED) is 0.888. The van der Waals surface area contributed by atoms with Crippen LogP contribution in [0.3, 0.4) is 0 Å². The van der Waals surface area contributed by atoms with Crippen molar-refractivity contribution in [3.05, 3.63) is 28.9 Å². The van der Waals surface area contributed by atoms with Crippen molar-refractivity contribution in [3.63, 3.8) is 0 Å². The first kappa shape index (κ1) is 13.7. The fraction of sp³-hybridized carbons (Fsp3) is 0.438. The number of pyridine rings is 1. The molecule has 20 heavy (non-hydrogen) atoms. The van der Waals surface area contributed by atoms with Gasteiger partial charge in [-0.3, -0.25) is 4.98 Å². The highest BCUT2D eigenvalue weighted by Crippen LogP contribution is 2.40. The maximum Gasteiger partial charge on any atom is 0.0745 e. The van der Waals surface area contributed by atoms with Crippen molar-refractivity contribution in [1.82, 2.24) is 4.98 Å². The van der Waals surface area contributed by atoms with Gasteiger partial charge in [0.05, 0.1) is 23.1 Å². The van der Waals surface area contributed by atoms with Crippen LogP contribution < -0.4 is 10.6 Å². The van der Waals surface area contributed by atoms with Crippen molar-refractivity contribution < 1.29 is 0 Å². The van der Waals surface area contributed by atoms with Crippen LogP contribution in [0.5, 0.6) is 0 Å². The summed E-state index contributed by atoms with van der Waals surface area (Å²) in [5.74, 6) is 0. The summed E-state index contributed by atoms with van der Waals surface area (Å²) < 4.78 is 1.07. The zero-order valence-corrected chi connectivity index (χ0v) is 13.5. The van der Waals surface area contributed by atoms with E-state index in [9.17, 15) is 0 Å². The number of nitrogens with zero attached hydrogens (tertiary/aromatic N) is 2. The lowest BCUT2D eigenvalue weighted by Gasteiger charge is -2.32. The number of benzene rings is 1. The van der Waals surface area contributed by atoms with Crippen LogP contribution in [0.15, 0.2) is 28.9 Å². The number of hydrogen-bond acceptors (Lipinski definition) is 3. The minimum Gasteiger partial charge on any atom is -0.396 e. The summed E-state index contributed by atoms with van der Waals surface area (Å²) in [4.78, 5) is 6.96. The topological polar surface area (TPSA) is 42.1 Å². The molecule has 1 aromatic heterocycles. The molecule has 2 atom stereocenters. The zero-order chi connectivity index (χ0) is 14.3. The molecule has 4 heteroatoms. The number of halogens is 1. The molecule has 0 aliphatic carbocycles. The highest BCUT2D eigenvalue weighted by molar-refractivity contribution is 9.10. The minimum absolute atomic E-state index is 0.534. The fourth-order valence-electron chi connectivity index (χ4n) is 3.33. The summed E-state index contributed by atoms with van der Waals surface area (Å²) in [5, 5.41) is 1.14. The molecule has 3 rings (SSSR count). The SMILES string of the molecule is CCC1CCC(C)N1c1c(N)cnc2ccc(Br)cc12. The number of nitrogen functional groups attached to an aromatic ring is 1. The predicted molar refractivity (Wildman–Crippen MR) is 89.1 cm³/mol. The van der Waals surface area contributed by atoms with Crippen molar-refractivity contribution in [1.29, 1.82) is 0 Å². The minimum atomic E-state index is 0.534. The van der Waals surface area contributed by atoms with E-state index in [-0.39, 0.29) is 0 Å². The van der Waals surface area contributed by atoms with Gasteiger partial charge in [-0.15, -0.1) is 0 Å². The number of rotatable bonds is 2. The summed E-state index contributed by atoms with van der Waals surface area (Å²) >= 11 is 3.56. The molecule has 3 nitrogen and oxygen atoms in total. The number of anilines is 2. The zero-order valence-electron chi connectivity index (χ0n) is 11.9. The van der Waals surface area contributed by atoms with Crippen LogP contribution >= 0.6 is 15.9 Å². The van der Waals surface area contributed by atoms with Crippen LogP contribution in [0.4, 0.5) is 11.4 Å². The Morgan fingerprint density at radius 2 is 2.20 bits per heavy atom. The molecular formula is C16H20BrN3. The van der Waals surface area contributed by atoms with E-state index in [2.05, 4.69) is 45.7 Å². The van der Waals surface area contributed by atoms with Gasteiger partial charge in [-0.1, -0.05) is 22.9 Å². The lowest BCUT2D eigenvalue weighted by atomic mass is 10.1. The molecule has 0 spiro atoms. The van der Waals surface area contributed by atoms with Gasteiger partial charge in [0.2, 0.25) is 0 Å². The Kier molecular flexibility index (Phi) is 3.59. The van der Waals surface area contributed by atoms with E-state index in [0.29, 0.717) is 12.1 Å². The van der Waals surface area contributed by atoms with E-state index < -0.39 is 0 Å². The van der Waals surface area contributed by atoms with Gasteiger partial charge >= 0.3 is 0 Å². The lowest BCUT2D eigenvalue weighted by molar-refractivity contribution is 0.630. The van der Waals surface area contributed by atoms with Crippen molar-refractivity contribution in [2.45, 2.75) is 45.2 Å². The normalized spacial score (nSPS) is 22.6. The van der Waals surface area contributed by atoms with Gasteiger partial charge in [0.25, 0.3) is 0 Å². The molecule has 2 unspecified atom stereocenters. The van der Waals surface area contributed by atoms with E-state index in [1.54, 1.807) is 6.20 Å². The third-order valence-electron chi connectivity index (χ3n) is 4.35. The molecule has 2 heterocycles. The molecule has 1 aliphatic heterocycles. The Morgan fingerprint density at radius 3 is 2.95 bits per heavy atom. The molecule has 0 radical (unpaired) electrons. The molecule has 1 aliphatic rings. The Hall–Kier alpha value is -1.29. The van der Waals surface area contributed by atoms with Gasteiger partial charge in [-0.25, -0.2) is 0 Å². The van der Waals surface area contributed by atoms with Gasteiger partial charge in [-0.05, 0) is 44.4 Å². The number of aromatic nitrogens is 1. The average molecular weight is 334 g/mol. The van der Waals surface area contributed by atoms with Crippen LogP contribution in [0, 0.1) is 0 Å². The summed E-state index contributed by atoms with van der Waals surface area (Å²) in [6.45, 7) is 4.55. The summed E-state index contributed by atoms with van der Waals surface area (Å²) in [7, 11) is 0. The van der Waals surface area contributed by atoms with Crippen molar-refractivity contribution >= 4 is 38.2 Å². The number of nitrogens with two attached hydrogens (primary N) is 1. The molecule has 1 fully saturated rings. The van der Waals surface area contributed by atoms with Gasteiger partial charge in [0.1, 0.15) is 0 Å². The van der Waals surface area contributed by atoms with E-state index in [1.165, 1.54) is 12.8 Å². The van der Waals surface area contributed by atoms with Gasteiger partial charge in [-0.2, -0.15) is 0 Å². The maximum absolute atomic E-state index is 6.28. The largest absolute Gasteiger partial charge is 0.396 e. The summed E-state index contributed by atoms with van der Waals surface area (Å²) in [6.07, 6.45) is 5.43. The van der Waals surface area contributed by atoms with Gasteiger partial charge < -0.3 is 10.6 Å². The smallest absolute Gasteiger partial charge is 0.0745 e. The van der Waals surface area contributed by atoms with Gasteiger partial charge in [0, 0.05) is 21.9 Å². The third-order valence-corrected chi connectivity index (χ3v) is 4.84. The average Bonchev–Trinajstić information content (AvgIpc) is 2.79. The predicted octanol–water partition coefficient (Wildman–Crippen LogP) is 4.35. The second-order valence-electron chi connectivity index (χ2n) is 5.62. The van der Waals surface area contributed by atoms with E-state index >= 15 is 0 Å². The molecule has 1 aromatic carbocycles. The first-order valence-electron chi connectivity index (χ1n) is 7.24. The Bertz CT molecular complexity index is 636. The summed E-state index contributed by atoms with van der Waals surface area (Å²) in [5.41, 5.74) is 9.22. The fourth-order valence-corrected chi connectivity index (χ4v) is 3.69. The Labute approximate surface area is 128 Å². The second kappa shape index (κ2) is 5.24. The molecule has 0 saturated carbocycles. The number of fused-ring (bicyclic) bond motifs is 1.